The highest BCUT2D eigenvalue weighted by Crippen LogP contribution is 2.42. The van der Waals surface area contributed by atoms with Gasteiger partial charge < -0.3 is 19.7 Å². The topological polar surface area (TPSA) is 70.5 Å². The minimum atomic E-state index is 0.265. The third-order valence-corrected chi connectivity index (χ3v) is 4.31. The van der Waals surface area contributed by atoms with E-state index in [1.54, 1.807) is 13.3 Å². The number of anilines is 1. The van der Waals surface area contributed by atoms with E-state index in [1.807, 2.05) is 12.1 Å². The van der Waals surface area contributed by atoms with Crippen molar-refractivity contribution in [2.75, 3.05) is 12.8 Å². The minimum Gasteiger partial charge on any atom is -0.493 e. The highest BCUT2D eigenvalue weighted by Gasteiger charge is 2.21. The summed E-state index contributed by atoms with van der Waals surface area (Å²) in [5.41, 5.74) is 7.38. The summed E-state index contributed by atoms with van der Waals surface area (Å²) in [5.74, 6) is 1.70. The molecule has 6 heteroatoms. The molecule has 0 saturated heterocycles. The molecule has 0 radical (unpaired) electrons. The molecule has 1 heterocycles. The standard InChI is InChI=1S/C15H17BrN2O3/c1-19-13-7-9(11-8-18-21-15(11)17)6-12(16)14(13)20-10-4-2-3-5-10/h6-8,10H,2-5,17H2,1H3. The lowest BCUT2D eigenvalue weighted by Gasteiger charge is -2.18. The van der Waals surface area contributed by atoms with E-state index in [0.29, 0.717) is 5.75 Å². The minimum absolute atomic E-state index is 0.265. The third kappa shape index (κ3) is 2.85. The largest absolute Gasteiger partial charge is 0.493 e. The highest BCUT2D eigenvalue weighted by molar-refractivity contribution is 9.10. The maximum atomic E-state index is 6.09. The molecular formula is C15H17BrN2O3. The van der Waals surface area contributed by atoms with Crippen LogP contribution in [0.1, 0.15) is 25.7 Å². The van der Waals surface area contributed by atoms with E-state index >= 15 is 0 Å². The number of hydrogen-bond donors (Lipinski definition) is 1. The van der Waals surface area contributed by atoms with Crippen molar-refractivity contribution < 1.29 is 14.0 Å². The molecule has 2 aromatic rings. The van der Waals surface area contributed by atoms with Crippen LogP contribution >= 0.6 is 15.9 Å². The van der Waals surface area contributed by atoms with Gasteiger partial charge in [0, 0.05) is 0 Å². The predicted octanol–water partition coefficient (Wildman–Crippen LogP) is 4.02. The Morgan fingerprint density at radius 2 is 2.10 bits per heavy atom. The molecule has 1 aliphatic rings. The monoisotopic (exact) mass is 352 g/mol. The maximum absolute atomic E-state index is 6.09. The number of halogens is 1. The van der Waals surface area contributed by atoms with Crippen LogP contribution in [0.5, 0.6) is 11.5 Å². The van der Waals surface area contributed by atoms with Gasteiger partial charge in [0.25, 0.3) is 0 Å². The quantitative estimate of drug-likeness (QED) is 0.899. The molecule has 1 aromatic carbocycles. The number of rotatable bonds is 4. The molecule has 2 N–H and O–H groups in total. The molecule has 0 bridgehead atoms. The van der Waals surface area contributed by atoms with Crippen molar-refractivity contribution in [1.29, 1.82) is 0 Å². The second-order valence-corrected chi connectivity index (χ2v) is 5.97. The van der Waals surface area contributed by atoms with Gasteiger partial charge in [0.05, 0.1) is 29.4 Å². The zero-order valence-electron chi connectivity index (χ0n) is 11.8. The number of nitrogen functional groups attached to an aromatic ring is 1. The second kappa shape index (κ2) is 5.97. The van der Waals surface area contributed by atoms with Gasteiger partial charge in [-0.05, 0) is 59.3 Å². The zero-order valence-corrected chi connectivity index (χ0v) is 13.4. The fraction of sp³-hybridized carbons (Fsp3) is 0.400. The molecule has 0 aliphatic heterocycles. The summed E-state index contributed by atoms with van der Waals surface area (Å²) in [6.45, 7) is 0. The normalized spacial score (nSPS) is 15.3. The molecule has 21 heavy (non-hydrogen) atoms. The number of hydrogen-bond acceptors (Lipinski definition) is 5. The molecule has 0 spiro atoms. The van der Waals surface area contributed by atoms with E-state index in [1.165, 1.54) is 12.8 Å². The lowest BCUT2D eigenvalue weighted by atomic mass is 10.1. The summed E-state index contributed by atoms with van der Waals surface area (Å²) >= 11 is 3.56. The number of ether oxygens (including phenoxy) is 2. The van der Waals surface area contributed by atoms with E-state index < -0.39 is 0 Å². The van der Waals surface area contributed by atoms with E-state index in [9.17, 15) is 0 Å². The lowest BCUT2D eigenvalue weighted by molar-refractivity contribution is 0.199. The SMILES string of the molecule is COc1cc(-c2cnoc2N)cc(Br)c1OC1CCCC1. The molecule has 0 amide bonds. The van der Waals surface area contributed by atoms with Crippen LogP contribution in [0.2, 0.25) is 0 Å². The first kappa shape index (κ1) is 14.3. The van der Waals surface area contributed by atoms with E-state index in [0.717, 1.165) is 34.2 Å². The third-order valence-electron chi connectivity index (χ3n) is 3.73. The number of benzene rings is 1. The Morgan fingerprint density at radius 3 is 2.71 bits per heavy atom. The van der Waals surface area contributed by atoms with Crippen molar-refractivity contribution in [3.8, 4) is 22.6 Å². The van der Waals surface area contributed by atoms with E-state index in [2.05, 4.69) is 21.1 Å². The van der Waals surface area contributed by atoms with Crippen molar-refractivity contribution in [2.24, 2.45) is 0 Å². The summed E-state index contributed by atoms with van der Waals surface area (Å²) in [4.78, 5) is 0. The first-order valence-electron chi connectivity index (χ1n) is 6.93. The molecule has 112 valence electrons. The van der Waals surface area contributed by atoms with Crippen molar-refractivity contribution >= 4 is 21.8 Å². The molecule has 1 saturated carbocycles. The lowest BCUT2D eigenvalue weighted by Crippen LogP contribution is -2.12. The smallest absolute Gasteiger partial charge is 0.229 e. The number of methoxy groups -OCH3 is 1. The first-order chi connectivity index (χ1) is 10.2. The van der Waals surface area contributed by atoms with Crippen LogP contribution in [-0.4, -0.2) is 18.4 Å². The first-order valence-corrected chi connectivity index (χ1v) is 7.73. The Morgan fingerprint density at radius 1 is 1.33 bits per heavy atom. The maximum Gasteiger partial charge on any atom is 0.229 e. The molecule has 5 nitrogen and oxygen atoms in total. The van der Waals surface area contributed by atoms with E-state index in [4.69, 9.17) is 19.7 Å². The Hall–Kier alpha value is -1.69. The highest BCUT2D eigenvalue weighted by atomic mass is 79.9. The molecular weight excluding hydrogens is 336 g/mol. The predicted molar refractivity (Wildman–Crippen MR) is 83.5 cm³/mol. The van der Waals surface area contributed by atoms with Gasteiger partial charge in [-0.25, -0.2) is 0 Å². The zero-order chi connectivity index (χ0) is 14.8. The Kier molecular flexibility index (Phi) is 4.05. The van der Waals surface area contributed by atoms with Crippen molar-refractivity contribution in [3.05, 3.63) is 22.8 Å². The van der Waals surface area contributed by atoms with Crippen molar-refractivity contribution in [2.45, 2.75) is 31.8 Å². The van der Waals surface area contributed by atoms with Gasteiger partial charge >= 0.3 is 0 Å². The van der Waals surface area contributed by atoms with Gasteiger partial charge in [-0.15, -0.1) is 0 Å². The summed E-state index contributed by atoms with van der Waals surface area (Å²) in [6.07, 6.45) is 6.49. The van der Waals surface area contributed by atoms with Gasteiger partial charge in [0.2, 0.25) is 5.88 Å². The van der Waals surface area contributed by atoms with Crippen LogP contribution in [-0.2, 0) is 0 Å². The number of nitrogens with zero attached hydrogens (tertiary/aromatic N) is 1. The summed E-state index contributed by atoms with van der Waals surface area (Å²) in [7, 11) is 1.63. The van der Waals surface area contributed by atoms with Gasteiger partial charge in [0.1, 0.15) is 0 Å². The fourth-order valence-corrected chi connectivity index (χ4v) is 3.16. The van der Waals surface area contributed by atoms with Crippen molar-refractivity contribution in [1.82, 2.24) is 5.16 Å². The van der Waals surface area contributed by atoms with Crippen LogP contribution in [0.3, 0.4) is 0 Å². The van der Waals surface area contributed by atoms with Crippen LogP contribution < -0.4 is 15.2 Å². The molecule has 0 unspecified atom stereocenters. The average Bonchev–Trinajstić information content (AvgIpc) is 3.12. The van der Waals surface area contributed by atoms with Crippen LogP contribution in [0, 0.1) is 0 Å². The van der Waals surface area contributed by atoms with E-state index in [-0.39, 0.29) is 12.0 Å². The molecule has 1 fully saturated rings. The molecule has 1 aliphatic carbocycles. The van der Waals surface area contributed by atoms with Crippen LogP contribution in [0.25, 0.3) is 11.1 Å². The number of nitrogens with two attached hydrogens (primary N) is 1. The fourth-order valence-electron chi connectivity index (χ4n) is 2.63. The van der Waals surface area contributed by atoms with Gasteiger partial charge in [-0.1, -0.05) is 5.16 Å². The summed E-state index contributed by atoms with van der Waals surface area (Å²) < 4.78 is 17.3. The van der Waals surface area contributed by atoms with Crippen LogP contribution in [0.4, 0.5) is 5.88 Å². The van der Waals surface area contributed by atoms with Crippen molar-refractivity contribution in [3.63, 3.8) is 0 Å². The van der Waals surface area contributed by atoms with Gasteiger partial charge in [-0.3, -0.25) is 0 Å². The molecule has 3 rings (SSSR count). The molecule has 1 aromatic heterocycles. The molecule has 0 atom stereocenters. The Labute approximate surface area is 131 Å². The number of aromatic nitrogens is 1. The Bertz CT molecular complexity index is 636. The van der Waals surface area contributed by atoms with Gasteiger partial charge in [-0.2, -0.15) is 0 Å². The Balaban J connectivity index is 1.96. The average molecular weight is 353 g/mol. The second-order valence-electron chi connectivity index (χ2n) is 5.12. The van der Waals surface area contributed by atoms with Crippen LogP contribution in [0.15, 0.2) is 27.3 Å². The summed E-state index contributed by atoms with van der Waals surface area (Å²) in [5, 5.41) is 3.70. The summed E-state index contributed by atoms with van der Waals surface area (Å²) in [6, 6.07) is 3.83. The van der Waals surface area contributed by atoms with Gasteiger partial charge in [0.15, 0.2) is 11.5 Å².